The van der Waals surface area contributed by atoms with Crippen LogP contribution in [-0.2, 0) is 35.5 Å². The summed E-state index contributed by atoms with van der Waals surface area (Å²) in [4.78, 5) is 0. The number of aliphatic hydroxyl groups excluding tert-OH is 5. The number of hydrogen-bond donors (Lipinski definition) is 6. The van der Waals surface area contributed by atoms with Crippen LogP contribution in [0.2, 0.25) is 0 Å². The van der Waals surface area contributed by atoms with Crippen molar-refractivity contribution in [2.24, 2.45) is 5.73 Å². The molecule has 0 aliphatic carbocycles. The molecule has 10 atom stereocenters. The smallest absolute Gasteiger partial charge is 0.187 e. The molecule has 2 fully saturated rings. The molecule has 0 spiro atoms. The van der Waals surface area contributed by atoms with Gasteiger partial charge in [-0.15, -0.1) is 116 Å². The van der Waals surface area contributed by atoms with E-state index in [1.54, 1.807) is 0 Å². The van der Waals surface area contributed by atoms with Crippen molar-refractivity contribution in [1.82, 2.24) is 0 Å². The van der Waals surface area contributed by atoms with Gasteiger partial charge in [-0.3, -0.25) is 0 Å². The molecular formula is C30H70Cl10NO10PS. The number of aliphatic hydroxyl groups is 5. The molecule has 0 bridgehead atoms. The minimum atomic E-state index is -1.50. The molecule has 0 aromatic carbocycles. The summed E-state index contributed by atoms with van der Waals surface area (Å²) in [7, 11) is 3.62. The van der Waals surface area contributed by atoms with Crippen LogP contribution in [0.1, 0.15) is 34.6 Å². The molecule has 53 heavy (non-hydrogen) atoms. The van der Waals surface area contributed by atoms with Gasteiger partial charge in [0.25, 0.3) is 0 Å². The van der Waals surface area contributed by atoms with Gasteiger partial charge < -0.3 is 55.0 Å². The third kappa shape index (κ3) is 51.1. The van der Waals surface area contributed by atoms with Crippen LogP contribution in [0.3, 0.4) is 0 Å². The predicted octanol–water partition coefficient (Wildman–Crippen LogP) is 7.40. The summed E-state index contributed by atoms with van der Waals surface area (Å²) in [6, 6.07) is 0. The zero-order valence-corrected chi connectivity index (χ0v) is 42.5. The summed E-state index contributed by atoms with van der Waals surface area (Å²) < 4.78 is 26.3. The molecule has 11 nitrogen and oxygen atoms in total. The van der Waals surface area contributed by atoms with Crippen molar-refractivity contribution in [3.05, 3.63) is 0 Å². The topological polar surface area (TPSA) is 173 Å². The highest BCUT2D eigenvalue weighted by Crippen LogP contribution is 2.29. The summed E-state index contributed by atoms with van der Waals surface area (Å²) >= 11 is 52.6. The van der Waals surface area contributed by atoms with Gasteiger partial charge in [0.2, 0.25) is 0 Å². The monoisotopic (exact) mass is 1020 g/mol. The van der Waals surface area contributed by atoms with Crippen molar-refractivity contribution in [2.75, 3.05) is 95.4 Å². The molecule has 0 radical (unpaired) electrons. The average molecular weight is 1020 g/mol. The van der Waals surface area contributed by atoms with Crippen LogP contribution in [0, 0.1) is 0 Å². The number of rotatable bonds is 6. The molecule has 2 saturated heterocycles. The molecule has 336 valence electrons. The van der Waals surface area contributed by atoms with Crippen molar-refractivity contribution >= 4 is 135 Å². The highest BCUT2D eigenvalue weighted by molar-refractivity contribution is 7.96. The molecule has 2 heterocycles. The van der Waals surface area contributed by atoms with E-state index in [-0.39, 0.29) is 6.54 Å². The number of hydrogen-bond acceptors (Lipinski definition) is 12. The van der Waals surface area contributed by atoms with E-state index in [0.29, 0.717) is 0 Å². The molecule has 0 amide bonds. The van der Waals surface area contributed by atoms with Gasteiger partial charge in [-0.25, -0.2) is 0 Å². The molecular weight excluding hydrogens is 952 g/mol. The fraction of sp³-hybridized carbons (Fsp3) is 1.00. The summed E-state index contributed by atoms with van der Waals surface area (Å²) in [5.74, 6) is 3.61. The Morgan fingerprint density at radius 1 is 0.566 bits per heavy atom. The van der Waals surface area contributed by atoms with Gasteiger partial charge in [-0.05, 0) is 14.0 Å². The van der Waals surface area contributed by atoms with Crippen LogP contribution >= 0.6 is 123 Å². The Hall–Kier alpha value is 2.98. The Morgan fingerprint density at radius 2 is 0.830 bits per heavy atom. The van der Waals surface area contributed by atoms with E-state index in [1.165, 1.54) is 46.1 Å². The van der Waals surface area contributed by atoms with Crippen molar-refractivity contribution in [1.29, 1.82) is 0 Å². The normalized spacial score (nSPS) is 25.5. The Labute approximate surface area is 378 Å². The van der Waals surface area contributed by atoms with Gasteiger partial charge in [0, 0.05) is 82.1 Å². The lowest BCUT2D eigenvalue weighted by Gasteiger charge is -2.46. The largest absolute Gasteiger partial charge is 0.394 e. The van der Waals surface area contributed by atoms with Gasteiger partial charge in [-0.1, -0.05) is 46.4 Å². The van der Waals surface area contributed by atoms with E-state index in [2.05, 4.69) is 69.8 Å². The molecule has 2 unspecified atom stereocenters. The van der Waals surface area contributed by atoms with E-state index in [4.69, 9.17) is 87.4 Å². The maximum atomic E-state index is 10.2. The van der Waals surface area contributed by atoms with E-state index in [9.17, 15) is 25.5 Å². The highest BCUT2D eigenvalue weighted by Gasteiger charge is 2.50. The van der Waals surface area contributed by atoms with Crippen LogP contribution in [-0.4, -0.2) is 182 Å². The lowest BCUT2D eigenvalue weighted by Crippen LogP contribution is -2.65. The quantitative estimate of drug-likeness (QED) is 0.115. The van der Waals surface area contributed by atoms with Crippen LogP contribution in [0.4, 0.5) is 0 Å². The predicted molar refractivity (Wildman–Crippen MR) is 241 cm³/mol. The second-order valence-corrected chi connectivity index (χ2v) is 11.7. The molecule has 2 aliphatic rings. The molecule has 23 heteroatoms. The zero-order valence-electron chi connectivity index (χ0n) is 33.2. The number of methoxy groups -OCH3 is 2. The number of halogens is 10. The third-order valence-corrected chi connectivity index (χ3v) is 4.49. The first-order valence-electron chi connectivity index (χ1n) is 15.3. The number of ether oxygens (including phenoxy) is 5. The lowest BCUT2D eigenvalue weighted by molar-refractivity contribution is -0.355. The summed E-state index contributed by atoms with van der Waals surface area (Å²) in [5, 5.41) is 50.1. The number of alkyl halides is 10. The van der Waals surface area contributed by atoms with Crippen molar-refractivity contribution in [3.63, 3.8) is 0 Å². The average Bonchev–Trinajstić information content (AvgIpc) is 3.18. The van der Waals surface area contributed by atoms with Gasteiger partial charge in [0.1, 0.15) is 48.8 Å². The highest BCUT2D eigenvalue weighted by atomic mass is 35.5. The van der Waals surface area contributed by atoms with E-state index in [0.717, 1.165) is 36.8 Å². The first kappa shape index (κ1) is 80.0. The fourth-order valence-electron chi connectivity index (χ4n) is 3.07. The zero-order chi connectivity index (χ0) is 45.0. The maximum Gasteiger partial charge on any atom is 0.187 e. The maximum absolute atomic E-state index is 10.2. The third-order valence-electron chi connectivity index (χ3n) is 4.49. The number of nitrogens with two attached hydrogens (primary N) is 1. The van der Waals surface area contributed by atoms with Gasteiger partial charge in [0.05, 0.1) is 6.61 Å². The van der Waals surface area contributed by atoms with Crippen LogP contribution < -0.4 is 5.73 Å². The van der Waals surface area contributed by atoms with E-state index in [1.807, 2.05) is 41.3 Å². The first-order valence-corrected chi connectivity index (χ1v) is 24.1. The molecule has 0 aromatic heterocycles. The van der Waals surface area contributed by atoms with Crippen molar-refractivity contribution in [3.8, 4) is 0 Å². The SMILES string of the molecule is CCCl.CCCl.CCCl.CCCl.CCCl.CCl.CCl.CCl.CCl.CCl.CO[C@H]1OC(CO)[C@@H](O[C@H]2OC(CN)[C@@H](OC)[C@H](O)[C@H]2O)[C@H](O)[C@H]1O.CP=S. The van der Waals surface area contributed by atoms with E-state index >= 15 is 0 Å². The molecule has 0 saturated carbocycles. The van der Waals surface area contributed by atoms with Crippen LogP contribution in [0.25, 0.3) is 0 Å². The van der Waals surface area contributed by atoms with Gasteiger partial charge in [-0.2, -0.15) is 0 Å². The summed E-state index contributed by atoms with van der Waals surface area (Å²) in [6.07, 6.45) is -4.85. The van der Waals surface area contributed by atoms with Crippen LogP contribution in [0.15, 0.2) is 0 Å². The lowest BCUT2D eigenvalue weighted by atomic mass is 9.96. The Kier molecular flexibility index (Phi) is 114. The summed E-state index contributed by atoms with van der Waals surface area (Å²) in [6.45, 7) is 10.8. The second kappa shape index (κ2) is 75.8. The van der Waals surface area contributed by atoms with Crippen molar-refractivity contribution < 1.29 is 49.2 Å². The van der Waals surface area contributed by atoms with Gasteiger partial charge in [0.15, 0.2) is 12.6 Å². The first-order chi connectivity index (χ1) is 25.4. The molecule has 2 aliphatic heterocycles. The Morgan fingerprint density at radius 3 is 1.08 bits per heavy atom. The van der Waals surface area contributed by atoms with Crippen LogP contribution in [0.5, 0.6) is 0 Å². The standard InChI is InChI=1S/C14H27NO10.5C2H5Cl.5CH3Cl.CH3PS/c1-21-11-5(3-15)23-14(10(20)7(11)17)25-12-6(4-16)24-13(22-2)9(19)8(12)18;5*1-2-3;5*1-2;1-2-3/h5-14,16-20H,3-4,15H2,1-2H3;5*2H2,1H3;5*1H3;1H3/t5?,6?,7-,8-,9-,10-,11-,12-,13+,14-;;;;;;;;;;;/m1.........../s1. The van der Waals surface area contributed by atoms with Gasteiger partial charge >= 0.3 is 0 Å². The molecule has 2 rings (SSSR count). The molecule has 0 aromatic rings. The summed E-state index contributed by atoms with van der Waals surface area (Å²) in [5.41, 5.74) is 5.59. The van der Waals surface area contributed by atoms with Crippen molar-refractivity contribution in [2.45, 2.75) is 96.0 Å². The fourth-order valence-corrected chi connectivity index (χ4v) is 3.07. The Bertz CT molecular complexity index is 567. The molecule has 7 N–H and O–H groups in total. The minimum Gasteiger partial charge on any atom is -0.394 e. The Balaban J connectivity index is -0.0000000681. The second-order valence-electron chi connectivity index (χ2n) is 7.52. The minimum absolute atomic E-state index is 0.0102. The van der Waals surface area contributed by atoms with E-state index < -0.39 is 68.0 Å².